The molecule has 1 aliphatic rings. The van der Waals surface area contributed by atoms with Crippen LogP contribution >= 0.6 is 0 Å². The summed E-state index contributed by atoms with van der Waals surface area (Å²) < 4.78 is 5.04. The van der Waals surface area contributed by atoms with Crippen molar-refractivity contribution in [1.82, 2.24) is 0 Å². The molecular formula is C16H18O3. The largest absolute Gasteiger partial charge is 0.389 e. The zero-order chi connectivity index (χ0) is 13.9. The average Bonchev–Trinajstić information content (AvgIpc) is 2.43. The Hall–Kier alpha value is -1.90. The summed E-state index contributed by atoms with van der Waals surface area (Å²) in [5.74, 6) is -0.833. The highest BCUT2D eigenvalue weighted by atomic mass is 16.6. The van der Waals surface area contributed by atoms with Gasteiger partial charge in [-0.2, -0.15) is 0 Å². The first kappa shape index (κ1) is 13.5. The van der Waals surface area contributed by atoms with E-state index >= 15 is 0 Å². The van der Waals surface area contributed by atoms with E-state index in [9.17, 15) is 9.59 Å². The Kier molecular flexibility index (Phi) is 3.84. The molecule has 3 heteroatoms. The third-order valence-corrected chi connectivity index (χ3v) is 3.95. The molecule has 0 saturated carbocycles. The molecule has 0 amide bonds. The van der Waals surface area contributed by atoms with Crippen molar-refractivity contribution in [3.63, 3.8) is 0 Å². The minimum atomic E-state index is -0.612. The normalized spacial score (nSPS) is 25.9. The Labute approximate surface area is 113 Å². The molecule has 3 nitrogen and oxygen atoms in total. The molecule has 0 bridgehead atoms. The van der Waals surface area contributed by atoms with Gasteiger partial charge in [0.15, 0.2) is 0 Å². The number of ether oxygens (including phenoxy) is 1. The van der Waals surface area contributed by atoms with Gasteiger partial charge in [-0.1, -0.05) is 37.3 Å². The highest BCUT2D eigenvalue weighted by Gasteiger charge is 2.41. The maximum absolute atomic E-state index is 12.2. The lowest BCUT2D eigenvalue weighted by Crippen LogP contribution is -2.38. The van der Waals surface area contributed by atoms with E-state index in [1.807, 2.05) is 26.0 Å². The Morgan fingerprint density at radius 1 is 1.21 bits per heavy atom. The number of esters is 2. The van der Waals surface area contributed by atoms with E-state index in [0.717, 1.165) is 6.42 Å². The summed E-state index contributed by atoms with van der Waals surface area (Å²) in [5, 5.41) is 0. The summed E-state index contributed by atoms with van der Waals surface area (Å²) in [6.45, 7) is 3.87. The second-order valence-corrected chi connectivity index (χ2v) is 5.27. The molecule has 19 heavy (non-hydrogen) atoms. The zero-order valence-electron chi connectivity index (χ0n) is 11.3. The van der Waals surface area contributed by atoms with Crippen molar-refractivity contribution in [2.24, 2.45) is 11.3 Å². The Morgan fingerprint density at radius 3 is 2.53 bits per heavy atom. The van der Waals surface area contributed by atoms with Gasteiger partial charge in [0.2, 0.25) is 0 Å². The lowest BCUT2D eigenvalue weighted by molar-refractivity contribution is -0.151. The third-order valence-electron chi connectivity index (χ3n) is 3.95. The lowest BCUT2D eigenvalue weighted by Gasteiger charge is -2.34. The second-order valence-electron chi connectivity index (χ2n) is 5.27. The fourth-order valence-corrected chi connectivity index (χ4v) is 2.21. The summed E-state index contributed by atoms with van der Waals surface area (Å²) >= 11 is 0. The molecule has 1 aromatic rings. The third kappa shape index (κ3) is 2.75. The topological polar surface area (TPSA) is 43.4 Å². The van der Waals surface area contributed by atoms with Crippen LogP contribution in [-0.4, -0.2) is 11.9 Å². The average molecular weight is 258 g/mol. The van der Waals surface area contributed by atoms with Gasteiger partial charge in [-0.05, 0) is 37.8 Å². The van der Waals surface area contributed by atoms with Gasteiger partial charge in [-0.25, -0.2) is 4.79 Å². The molecule has 0 radical (unpaired) electrons. The van der Waals surface area contributed by atoms with Crippen molar-refractivity contribution >= 4 is 11.9 Å². The van der Waals surface area contributed by atoms with Crippen LogP contribution in [0.25, 0.3) is 0 Å². The monoisotopic (exact) mass is 258 g/mol. The Morgan fingerprint density at radius 2 is 1.89 bits per heavy atom. The van der Waals surface area contributed by atoms with E-state index < -0.39 is 17.4 Å². The maximum Gasteiger partial charge on any atom is 0.345 e. The van der Waals surface area contributed by atoms with E-state index in [4.69, 9.17) is 4.74 Å². The predicted octanol–water partition coefficient (Wildman–Crippen LogP) is 3.36. The number of benzene rings is 1. The first-order chi connectivity index (χ1) is 9.04. The van der Waals surface area contributed by atoms with Crippen molar-refractivity contribution < 1.29 is 14.3 Å². The molecule has 100 valence electrons. The van der Waals surface area contributed by atoms with Gasteiger partial charge >= 0.3 is 11.9 Å². The number of allylic oxidation sites excluding steroid dienone is 2. The molecular weight excluding hydrogens is 240 g/mol. The summed E-state index contributed by atoms with van der Waals surface area (Å²) in [7, 11) is 0. The molecule has 0 fully saturated rings. The van der Waals surface area contributed by atoms with E-state index in [0.29, 0.717) is 12.0 Å². The number of hydrogen-bond acceptors (Lipinski definition) is 3. The SMILES string of the molecule is CC1CC=CCC1(C)C(=O)OC(=O)c1ccccc1. The van der Waals surface area contributed by atoms with Gasteiger partial charge in [-0.3, -0.25) is 4.79 Å². The van der Waals surface area contributed by atoms with Gasteiger partial charge in [0.05, 0.1) is 11.0 Å². The molecule has 2 unspecified atom stereocenters. The second kappa shape index (κ2) is 5.39. The zero-order valence-corrected chi connectivity index (χ0v) is 11.3. The predicted molar refractivity (Wildman–Crippen MR) is 72.5 cm³/mol. The van der Waals surface area contributed by atoms with Gasteiger partial charge in [0, 0.05) is 0 Å². The van der Waals surface area contributed by atoms with Crippen LogP contribution in [0.15, 0.2) is 42.5 Å². The van der Waals surface area contributed by atoms with Crippen LogP contribution in [0.1, 0.15) is 37.0 Å². The van der Waals surface area contributed by atoms with Crippen LogP contribution in [0.3, 0.4) is 0 Å². The smallest absolute Gasteiger partial charge is 0.345 e. The van der Waals surface area contributed by atoms with Crippen molar-refractivity contribution in [2.45, 2.75) is 26.7 Å². The van der Waals surface area contributed by atoms with Crippen LogP contribution < -0.4 is 0 Å². The van der Waals surface area contributed by atoms with Crippen molar-refractivity contribution in [3.05, 3.63) is 48.0 Å². The van der Waals surface area contributed by atoms with Crippen molar-refractivity contribution in [1.29, 1.82) is 0 Å². The fraction of sp³-hybridized carbons (Fsp3) is 0.375. The molecule has 0 spiro atoms. The maximum atomic E-state index is 12.2. The highest BCUT2D eigenvalue weighted by molar-refractivity contribution is 5.98. The number of carbonyl (C=O) groups is 2. The van der Waals surface area contributed by atoms with Crippen LogP contribution in [0.5, 0.6) is 0 Å². The number of carbonyl (C=O) groups excluding carboxylic acids is 2. The number of rotatable bonds is 2. The van der Waals surface area contributed by atoms with E-state index in [1.54, 1.807) is 24.3 Å². The van der Waals surface area contributed by atoms with Gasteiger partial charge in [0.25, 0.3) is 0 Å². The van der Waals surface area contributed by atoms with Gasteiger partial charge in [-0.15, -0.1) is 0 Å². The summed E-state index contributed by atoms with van der Waals surface area (Å²) in [6.07, 6.45) is 5.51. The summed E-state index contributed by atoms with van der Waals surface area (Å²) in [5.41, 5.74) is -0.211. The van der Waals surface area contributed by atoms with Gasteiger partial charge in [0.1, 0.15) is 0 Å². The molecule has 0 saturated heterocycles. The van der Waals surface area contributed by atoms with E-state index in [-0.39, 0.29) is 5.92 Å². The standard InChI is InChI=1S/C16H18O3/c1-12-8-6-7-11-16(12,2)15(18)19-14(17)13-9-4-3-5-10-13/h3-7,9-10,12H,8,11H2,1-2H3. The highest BCUT2D eigenvalue weighted by Crippen LogP contribution is 2.38. The van der Waals surface area contributed by atoms with E-state index in [2.05, 4.69) is 6.08 Å². The molecule has 0 heterocycles. The first-order valence-electron chi connectivity index (χ1n) is 6.50. The minimum absolute atomic E-state index is 0.175. The van der Waals surface area contributed by atoms with Crippen molar-refractivity contribution in [3.8, 4) is 0 Å². The van der Waals surface area contributed by atoms with Gasteiger partial charge < -0.3 is 4.74 Å². The lowest BCUT2D eigenvalue weighted by atomic mass is 9.71. The Bertz CT molecular complexity index is 504. The molecule has 0 N–H and O–H groups in total. The first-order valence-corrected chi connectivity index (χ1v) is 6.50. The van der Waals surface area contributed by atoms with E-state index in [1.165, 1.54) is 0 Å². The molecule has 2 atom stereocenters. The molecule has 1 aliphatic carbocycles. The minimum Gasteiger partial charge on any atom is -0.389 e. The molecule has 0 aromatic heterocycles. The molecule has 1 aromatic carbocycles. The molecule has 0 aliphatic heterocycles. The van der Waals surface area contributed by atoms with Crippen LogP contribution in [0.2, 0.25) is 0 Å². The Balaban J connectivity index is 2.09. The van der Waals surface area contributed by atoms with Crippen LogP contribution in [0.4, 0.5) is 0 Å². The molecule has 2 rings (SSSR count). The summed E-state index contributed by atoms with van der Waals surface area (Å²) in [6, 6.07) is 8.59. The quantitative estimate of drug-likeness (QED) is 0.464. The fourth-order valence-electron chi connectivity index (χ4n) is 2.21. The van der Waals surface area contributed by atoms with Crippen LogP contribution in [0, 0.1) is 11.3 Å². The summed E-state index contributed by atoms with van der Waals surface area (Å²) in [4.78, 5) is 24.1. The van der Waals surface area contributed by atoms with Crippen molar-refractivity contribution in [2.75, 3.05) is 0 Å². The number of hydrogen-bond donors (Lipinski definition) is 0. The van der Waals surface area contributed by atoms with Crippen LogP contribution in [-0.2, 0) is 9.53 Å².